The lowest BCUT2D eigenvalue weighted by molar-refractivity contribution is 0.102. The lowest BCUT2D eigenvalue weighted by atomic mass is 10.1. The molecule has 4 aromatic rings. The van der Waals surface area contributed by atoms with Gasteiger partial charge in [0.15, 0.2) is 5.16 Å². The van der Waals surface area contributed by atoms with Crippen molar-refractivity contribution in [3.63, 3.8) is 0 Å². The Balaban J connectivity index is 1.42. The highest BCUT2D eigenvalue weighted by Crippen LogP contribution is 2.21. The number of amides is 1. The van der Waals surface area contributed by atoms with E-state index in [4.69, 9.17) is 0 Å². The second-order valence-electron chi connectivity index (χ2n) is 5.86. The largest absolute Gasteiger partial charge is 0.322 e. The van der Waals surface area contributed by atoms with Crippen LogP contribution in [0.4, 0.5) is 5.69 Å². The van der Waals surface area contributed by atoms with Gasteiger partial charge in [0.05, 0.1) is 5.69 Å². The van der Waals surface area contributed by atoms with Crippen molar-refractivity contribution in [2.24, 2.45) is 0 Å². The Morgan fingerprint density at radius 2 is 2.07 bits per heavy atom. The van der Waals surface area contributed by atoms with E-state index in [0.29, 0.717) is 16.4 Å². The molecule has 9 nitrogen and oxygen atoms in total. The number of H-pyrrole nitrogens is 1. The molecule has 2 aromatic carbocycles. The van der Waals surface area contributed by atoms with Crippen LogP contribution in [0.5, 0.6) is 0 Å². The van der Waals surface area contributed by atoms with Crippen LogP contribution in [0, 0.1) is 0 Å². The summed E-state index contributed by atoms with van der Waals surface area (Å²) in [5, 5.41) is 22.6. The minimum atomic E-state index is -0.182. The third-order valence-electron chi connectivity index (χ3n) is 3.96. The fraction of sp³-hybridized carbons (Fsp3) is 0.111. The fourth-order valence-electron chi connectivity index (χ4n) is 2.55. The number of tetrazole rings is 1. The number of nitrogens with zero attached hydrogens (tertiary/aromatic N) is 6. The van der Waals surface area contributed by atoms with Crippen LogP contribution in [0.1, 0.15) is 15.9 Å². The van der Waals surface area contributed by atoms with Crippen molar-refractivity contribution in [3.8, 4) is 5.69 Å². The van der Waals surface area contributed by atoms with Crippen LogP contribution in [-0.4, -0.2) is 47.6 Å². The molecule has 1 amide bonds. The molecule has 0 aliphatic rings. The van der Waals surface area contributed by atoms with Gasteiger partial charge in [-0.3, -0.25) is 9.89 Å². The number of nitrogens with one attached hydrogen (secondary N) is 2. The summed E-state index contributed by atoms with van der Waals surface area (Å²) < 4.78 is 1.63. The Kier molecular flexibility index (Phi) is 5.86. The van der Waals surface area contributed by atoms with Crippen LogP contribution in [0.25, 0.3) is 5.69 Å². The van der Waals surface area contributed by atoms with Crippen molar-refractivity contribution in [3.05, 3.63) is 66.0 Å². The molecule has 146 valence electrons. The summed E-state index contributed by atoms with van der Waals surface area (Å²) in [5.41, 5.74) is 3.11. The van der Waals surface area contributed by atoms with Crippen molar-refractivity contribution < 1.29 is 4.79 Å². The Morgan fingerprint density at radius 3 is 2.83 bits per heavy atom. The van der Waals surface area contributed by atoms with Crippen LogP contribution in [-0.2, 0) is 5.75 Å². The van der Waals surface area contributed by atoms with Crippen molar-refractivity contribution in [2.45, 2.75) is 16.1 Å². The number of rotatable bonds is 7. The molecular formula is C18H16N8OS2. The van der Waals surface area contributed by atoms with E-state index in [1.54, 1.807) is 16.4 Å². The first-order chi connectivity index (χ1) is 14.2. The average Bonchev–Trinajstić information content (AvgIpc) is 3.44. The predicted molar refractivity (Wildman–Crippen MR) is 111 cm³/mol. The van der Waals surface area contributed by atoms with Crippen LogP contribution in [0.3, 0.4) is 0 Å². The first kappa shape index (κ1) is 19.2. The van der Waals surface area contributed by atoms with E-state index in [9.17, 15) is 4.79 Å². The molecule has 0 spiro atoms. The molecule has 2 aromatic heterocycles. The van der Waals surface area contributed by atoms with Gasteiger partial charge in [0.25, 0.3) is 5.91 Å². The van der Waals surface area contributed by atoms with Gasteiger partial charge in [-0.05, 0) is 52.6 Å². The Labute approximate surface area is 174 Å². The fourth-order valence-corrected chi connectivity index (χ4v) is 3.72. The molecule has 0 unspecified atom stereocenters. The Morgan fingerprint density at radius 1 is 1.21 bits per heavy atom. The van der Waals surface area contributed by atoms with Gasteiger partial charge in [-0.1, -0.05) is 41.7 Å². The first-order valence-corrected chi connectivity index (χ1v) is 10.8. The highest BCUT2D eigenvalue weighted by Gasteiger charge is 2.10. The quantitative estimate of drug-likeness (QED) is 0.435. The summed E-state index contributed by atoms with van der Waals surface area (Å²) in [6, 6.07) is 14.9. The zero-order valence-electron chi connectivity index (χ0n) is 15.3. The van der Waals surface area contributed by atoms with Crippen molar-refractivity contribution in [1.29, 1.82) is 0 Å². The van der Waals surface area contributed by atoms with Gasteiger partial charge in [0.1, 0.15) is 6.33 Å². The summed E-state index contributed by atoms with van der Waals surface area (Å²) in [6.45, 7) is 0. The summed E-state index contributed by atoms with van der Waals surface area (Å²) in [5.74, 6) is 0.557. The van der Waals surface area contributed by atoms with Gasteiger partial charge in [0, 0.05) is 17.0 Å². The maximum atomic E-state index is 12.6. The lowest BCUT2D eigenvalue weighted by Crippen LogP contribution is -2.12. The molecule has 0 fully saturated rings. The van der Waals surface area contributed by atoms with Gasteiger partial charge < -0.3 is 5.32 Å². The highest BCUT2D eigenvalue weighted by atomic mass is 32.2. The smallest absolute Gasteiger partial charge is 0.255 e. The van der Waals surface area contributed by atoms with Crippen molar-refractivity contribution >= 4 is 35.1 Å². The van der Waals surface area contributed by atoms with Gasteiger partial charge in [0.2, 0.25) is 5.16 Å². The van der Waals surface area contributed by atoms with Gasteiger partial charge in [-0.15, -0.1) is 5.10 Å². The van der Waals surface area contributed by atoms with Crippen molar-refractivity contribution in [2.75, 3.05) is 11.6 Å². The summed E-state index contributed by atoms with van der Waals surface area (Å²) in [7, 11) is 0. The number of hydrogen-bond donors (Lipinski definition) is 2. The molecule has 0 aliphatic carbocycles. The second-order valence-corrected chi connectivity index (χ2v) is 7.60. The Hall–Kier alpha value is -3.18. The normalized spacial score (nSPS) is 10.8. The minimum absolute atomic E-state index is 0.182. The van der Waals surface area contributed by atoms with E-state index in [-0.39, 0.29) is 5.91 Å². The molecule has 0 bridgehead atoms. The van der Waals surface area contributed by atoms with Gasteiger partial charge in [-0.25, -0.2) is 4.98 Å². The molecule has 11 heteroatoms. The van der Waals surface area contributed by atoms with Gasteiger partial charge in [-0.2, -0.15) is 9.78 Å². The molecule has 0 saturated carbocycles. The molecule has 0 saturated heterocycles. The number of aromatic amines is 1. The number of hydrogen-bond acceptors (Lipinski definition) is 8. The number of carbonyl (C=O) groups is 1. The average molecular weight is 425 g/mol. The molecule has 4 rings (SSSR count). The van der Waals surface area contributed by atoms with E-state index in [1.165, 1.54) is 18.1 Å². The van der Waals surface area contributed by atoms with E-state index >= 15 is 0 Å². The summed E-state index contributed by atoms with van der Waals surface area (Å²) in [6.07, 6.45) is 3.38. The lowest BCUT2D eigenvalue weighted by Gasteiger charge is -2.08. The molecular weight excluding hydrogens is 408 g/mol. The van der Waals surface area contributed by atoms with Gasteiger partial charge >= 0.3 is 0 Å². The van der Waals surface area contributed by atoms with E-state index < -0.39 is 0 Å². The second kappa shape index (κ2) is 8.88. The SMILES string of the molecule is CSc1nnnn1-c1cccc(NC(=O)c2ccc(CSc3ncn[nH]3)cc2)c1. The number of carbonyl (C=O) groups excluding carboxylic acids is 1. The van der Waals surface area contributed by atoms with E-state index in [0.717, 1.165) is 22.2 Å². The molecule has 2 N–H and O–H groups in total. The zero-order valence-corrected chi connectivity index (χ0v) is 16.9. The maximum absolute atomic E-state index is 12.6. The number of aromatic nitrogens is 7. The number of benzene rings is 2. The third kappa shape index (κ3) is 4.63. The first-order valence-electron chi connectivity index (χ1n) is 8.54. The van der Waals surface area contributed by atoms with Crippen LogP contribution < -0.4 is 5.32 Å². The summed E-state index contributed by atoms with van der Waals surface area (Å²) >= 11 is 3.00. The molecule has 0 radical (unpaired) electrons. The Bertz CT molecular complexity index is 1100. The van der Waals surface area contributed by atoms with Crippen LogP contribution in [0.2, 0.25) is 0 Å². The van der Waals surface area contributed by atoms with E-state index in [1.807, 2.05) is 54.8 Å². The van der Waals surface area contributed by atoms with Crippen LogP contribution >= 0.6 is 23.5 Å². The topological polar surface area (TPSA) is 114 Å². The summed E-state index contributed by atoms with van der Waals surface area (Å²) in [4.78, 5) is 16.7. The third-order valence-corrected chi connectivity index (χ3v) is 5.52. The molecule has 0 atom stereocenters. The molecule has 0 aliphatic heterocycles. The van der Waals surface area contributed by atoms with E-state index in [2.05, 4.69) is 36.0 Å². The molecule has 2 heterocycles. The minimum Gasteiger partial charge on any atom is -0.322 e. The van der Waals surface area contributed by atoms with Crippen LogP contribution in [0.15, 0.2) is 65.2 Å². The number of thioether (sulfide) groups is 2. The predicted octanol–water partition coefficient (Wildman–Crippen LogP) is 3.05. The standard InChI is InChI=1S/C18H16N8OS2/c1-28-18-23-24-25-26(18)15-4-2-3-14(9-15)21-16(27)13-7-5-12(6-8-13)10-29-17-19-11-20-22-17/h2-9,11H,10H2,1H3,(H,21,27)(H,19,20,22). The molecule has 29 heavy (non-hydrogen) atoms. The number of anilines is 1. The maximum Gasteiger partial charge on any atom is 0.255 e. The zero-order chi connectivity index (χ0) is 20.1. The monoisotopic (exact) mass is 424 g/mol. The van der Waals surface area contributed by atoms with Crippen molar-refractivity contribution in [1.82, 2.24) is 35.4 Å². The highest BCUT2D eigenvalue weighted by molar-refractivity contribution is 7.98.